The quantitative estimate of drug-likeness (QED) is 0.785. The molecule has 0 spiro atoms. The molecule has 1 saturated heterocycles. The largest absolute Gasteiger partial charge is 0.454 e. The Balaban J connectivity index is 1.49. The molecule has 2 fully saturated rings. The van der Waals surface area contributed by atoms with E-state index in [0.717, 1.165) is 12.8 Å². The van der Waals surface area contributed by atoms with Crippen molar-refractivity contribution in [3.05, 3.63) is 17.7 Å². The smallest absolute Gasteiger partial charge is 0.231 e. The molecular formula is C22H28N2O5. The van der Waals surface area contributed by atoms with E-state index in [2.05, 4.69) is 19.2 Å². The van der Waals surface area contributed by atoms with Gasteiger partial charge in [0.2, 0.25) is 18.6 Å². The molecule has 7 heteroatoms. The summed E-state index contributed by atoms with van der Waals surface area (Å²) in [5, 5.41) is 2.85. The molecule has 0 unspecified atom stereocenters. The number of benzene rings is 1. The van der Waals surface area contributed by atoms with Gasteiger partial charge in [-0.2, -0.15) is 0 Å². The van der Waals surface area contributed by atoms with E-state index in [-0.39, 0.29) is 36.9 Å². The summed E-state index contributed by atoms with van der Waals surface area (Å²) < 4.78 is 10.7. The van der Waals surface area contributed by atoms with Crippen molar-refractivity contribution in [2.24, 2.45) is 17.8 Å². The van der Waals surface area contributed by atoms with Crippen molar-refractivity contribution in [3.63, 3.8) is 0 Å². The molecule has 1 aromatic carbocycles. The van der Waals surface area contributed by atoms with Crippen molar-refractivity contribution in [2.45, 2.75) is 52.5 Å². The Morgan fingerprint density at radius 2 is 1.86 bits per heavy atom. The second kappa shape index (κ2) is 7.69. The zero-order chi connectivity index (χ0) is 20.7. The highest BCUT2D eigenvalue weighted by atomic mass is 16.7. The van der Waals surface area contributed by atoms with Crippen LogP contribution in [0.15, 0.2) is 12.1 Å². The molecule has 1 saturated carbocycles. The van der Waals surface area contributed by atoms with Gasteiger partial charge in [0, 0.05) is 30.6 Å². The fourth-order valence-electron chi connectivity index (χ4n) is 4.79. The Bertz CT molecular complexity index is 852. The number of nitrogens with one attached hydrogen (secondary N) is 1. The first-order valence-corrected chi connectivity index (χ1v) is 10.4. The summed E-state index contributed by atoms with van der Waals surface area (Å²) in [7, 11) is 0. The van der Waals surface area contributed by atoms with Gasteiger partial charge in [-0.1, -0.05) is 26.7 Å². The number of amides is 2. The predicted molar refractivity (Wildman–Crippen MR) is 107 cm³/mol. The summed E-state index contributed by atoms with van der Waals surface area (Å²) in [6.45, 7) is 6.42. The van der Waals surface area contributed by atoms with E-state index >= 15 is 0 Å². The van der Waals surface area contributed by atoms with E-state index < -0.39 is 5.92 Å². The van der Waals surface area contributed by atoms with Crippen LogP contribution in [0.5, 0.6) is 11.5 Å². The first kappa shape index (κ1) is 19.7. The number of likely N-dealkylation sites (tertiary alicyclic amines) is 1. The van der Waals surface area contributed by atoms with Gasteiger partial charge in [0.25, 0.3) is 0 Å². The molecule has 1 N–H and O–H groups in total. The second-order valence-electron chi connectivity index (χ2n) is 8.58. The SMILES string of the molecule is CC(=O)c1cc2c(cc1NC(=O)[C@@H]1CC(=O)N([C@@H]3CCC[C@H](C)[C@H]3C)C1)OCO2. The number of ketones is 1. The summed E-state index contributed by atoms with van der Waals surface area (Å²) in [6.07, 6.45) is 3.53. The number of carbonyl (C=O) groups is 3. The van der Waals surface area contributed by atoms with Gasteiger partial charge in [0.05, 0.1) is 11.6 Å². The molecule has 2 aliphatic heterocycles. The van der Waals surface area contributed by atoms with Crippen LogP contribution in [-0.4, -0.2) is 41.9 Å². The number of Topliss-reactive ketones (excluding diaryl/α,β-unsaturated/α-hetero) is 1. The van der Waals surface area contributed by atoms with Crippen LogP contribution in [0.4, 0.5) is 5.69 Å². The Labute approximate surface area is 170 Å². The number of ether oxygens (including phenoxy) is 2. The van der Waals surface area contributed by atoms with E-state index in [0.29, 0.717) is 41.1 Å². The number of nitrogens with zero attached hydrogens (tertiary/aromatic N) is 1. The first-order chi connectivity index (χ1) is 13.8. The van der Waals surface area contributed by atoms with Crippen molar-refractivity contribution in [3.8, 4) is 11.5 Å². The third-order valence-electron chi connectivity index (χ3n) is 6.74. The standard InChI is InChI=1S/C22H28N2O5/c1-12-5-4-6-18(13(12)2)24-10-15(7-21(24)26)22(27)23-17-9-20-19(28-11-29-20)8-16(17)14(3)25/h8-9,12-13,15,18H,4-7,10-11H2,1-3H3,(H,23,27)/t12-,13+,15+,18+/m0/s1. The van der Waals surface area contributed by atoms with Gasteiger partial charge in [0.15, 0.2) is 17.3 Å². The lowest BCUT2D eigenvalue weighted by Crippen LogP contribution is -2.45. The molecule has 7 nitrogen and oxygen atoms in total. The second-order valence-corrected chi connectivity index (χ2v) is 8.58. The highest BCUT2D eigenvalue weighted by Crippen LogP contribution is 2.38. The monoisotopic (exact) mass is 400 g/mol. The van der Waals surface area contributed by atoms with E-state index in [4.69, 9.17) is 9.47 Å². The predicted octanol–water partition coefficient (Wildman–Crippen LogP) is 3.23. The van der Waals surface area contributed by atoms with Crippen LogP contribution in [0, 0.1) is 17.8 Å². The van der Waals surface area contributed by atoms with Gasteiger partial charge in [-0.15, -0.1) is 0 Å². The van der Waals surface area contributed by atoms with Crippen LogP contribution in [0.2, 0.25) is 0 Å². The molecular weight excluding hydrogens is 372 g/mol. The van der Waals surface area contributed by atoms with Crippen LogP contribution in [0.3, 0.4) is 0 Å². The summed E-state index contributed by atoms with van der Waals surface area (Å²) in [4.78, 5) is 39.6. The average Bonchev–Trinajstić information content (AvgIpc) is 3.29. The zero-order valence-electron chi connectivity index (χ0n) is 17.2. The summed E-state index contributed by atoms with van der Waals surface area (Å²) in [6, 6.07) is 3.43. The van der Waals surface area contributed by atoms with Crippen molar-refractivity contribution < 1.29 is 23.9 Å². The van der Waals surface area contributed by atoms with E-state index in [1.807, 2.05) is 4.90 Å². The topological polar surface area (TPSA) is 84.9 Å². The summed E-state index contributed by atoms with van der Waals surface area (Å²) >= 11 is 0. The fraction of sp³-hybridized carbons (Fsp3) is 0.591. The normalized spacial score (nSPS) is 28.5. The van der Waals surface area contributed by atoms with E-state index in [1.165, 1.54) is 13.3 Å². The highest BCUT2D eigenvalue weighted by molar-refractivity contribution is 6.06. The van der Waals surface area contributed by atoms with Gasteiger partial charge in [-0.3, -0.25) is 14.4 Å². The molecule has 0 bridgehead atoms. The molecule has 2 heterocycles. The van der Waals surface area contributed by atoms with Crippen LogP contribution in [0.25, 0.3) is 0 Å². The number of carbonyl (C=O) groups excluding carboxylic acids is 3. The van der Waals surface area contributed by atoms with Gasteiger partial charge in [0.1, 0.15) is 0 Å². The van der Waals surface area contributed by atoms with Crippen LogP contribution in [0.1, 0.15) is 56.8 Å². The maximum atomic E-state index is 12.9. The highest BCUT2D eigenvalue weighted by Gasteiger charge is 2.41. The number of hydrogen-bond donors (Lipinski definition) is 1. The minimum atomic E-state index is -0.419. The van der Waals surface area contributed by atoms with Gasteiger partial charge in [-0.05, 0) is 31.2 Å². The minimum absolute atomic E-state index is 0.0496. The van der Waals surface area contributed by atoms with E-state index in [1.54, 1.807) is 12.1 Å². The molecule has 0 radical (unpaired) electrons. The number of hydrogen-bond acceptors (Lipinski definition) is 5. The zero-order valence-corrected chi connectivity index (χ0v) is 17.2. The summed E-state index contributed by atoms with van der Waals surface area (Å²) in [5.74, 6) is 1.24. The average molecular weight is 400 g/mol. The summed E-state index contributed by atoms with van der Waals surface area (Å²) in [5.41, 5.74) is 0.774. The molecule has 156 valence electrons. The van der Waals surface area contributed by atoms with Gasteiger partial charge >= 0.3 is 0 Å². The number of fused-ring (bicyclic) bond motifs is 1. The Morgan fingerprint density at radius 1 is 1.14 bits per heavy atom. The lowest BCUT2D eigenvalue weighted by Gasteiger charge is -2.40. The lowest BCUT2D eigenvalue weighted by atomic mass is 9.77. The Hall–Kier alpha value is -2.57. The fourth-order valence-corrected chi connectivity index (χ4v) is 4.79. The number of anilines is 1. The Kier molecular flexibility index (Phi) is 5.23. The van der Waals surface area contributed by atoms with Crippen molar-refractivity contribution in [2.75, 3.05) is 18.7 Å². The van der Waals surface area contributed by atoms with Crippen molar-refractivity contribution in [1.29, 1.82) is 0 Å². The third kappa shape index (κ3) is 3.70. The van der Waals surface area contributed by atoms with Crippen molar-refractivity contribution in [1.82, 2.24) is 4.90 Å². The van der Waals surface area contributed by atoms with Crippen LogP contribution in [-0.2, 0) is 9.59 Å². The molecule has 4 rings (SSSR count). The van der Waals surface area contributed by atoms with Gasteiger partial charge in [-0.25, -0.2) is 0 Å². The molecule has 1 aromatic rings. The Morgan fingerprint density at radius 3 is 2.59 bits per heavy atom. The van der Waals surface area contributed by atoms with E-state index in [9.17, 15) is 14.4 Å². The molecule has 3 aliphatic rings. The maximum absolute atomic E-state index is 12.9. The molecule has 4 atom stereocenters. The van der Waals surface area contributed by atoms with Crippen LogP contribution < -0.4 is 14.8 Å². The maximum Gasteiger partial charge on any atom is 0.231 e. The first-order valence-electron chi connectivity index (χ1n) is 10.4. The van der Waals surface area contributed by atoms with Crippen LogP contribution >= 0.6 is 0 Å². The minimum Gasteiger partial charge on any atom is -0.454 e. The molecule has 2 amide bonds. The molecule has 1 aliphatic carbocycles. The number of rotatable bonds is 4. The lowest BCUT2D eigenvalue weighted by molar-refractivity contribution is -0.131. The molecule has 0 aromatic heterocycles. The molecule has 29 heavy (non-hydrogen) atoms. The third-order valence-corrected chi connectivity index (χ3v) is 6.74. The van der Waals surface area contributed by atoms with Gasteiger partial charge < -0.3 is 19.7 Å². The van der Waals surface area contributed by atoms with Crippen molar-refractivity contribution >= 4 is 23.3 Å².